The van der Waals surface area contributed by atoms with Crippen LogP contribution in [0.25, 0.3) is 0 Å². The number of hydrogen-bond donors (Lipinski definition) is 0. The number of thiophene rings is 2. The third-order valence-electron chi connectivity index (χ3n) is 5.24. The van der Waals surface area contributed by atoms with Gasteiger partial charge in [-0.25, -0.2) is 0 Å². The van der Waals surface area contributed by atoms with E-state index in [0.29, 0.717) is 9.75 Å². The monoisotopic (exact) mass is 428 g/mol. The first kappa shape index (κ1) is 20.7. The molecule has 0 aliphatic heterocycles. The zero-order chi connectivity index (χ0) is 21.2. The van der Waals surface area contributed by atoms with E-state index in [9.17, 15) is 24.9 Å². The molecule has 29 heavy (non-hydrogen) atoms. The quantitative estimate of drug-likeness (QED) is 0.543. The van der Waals surface area contributed by atoms with Crippen molar-refractivity contribution in [2.24, 2.45) is 17.3 Å². The fourth-order valence-electron chi connectivity index (χ4n) is 4.02. The number of carbonyl (C=O) groups excluding carboxylic acids is 3. The maximum absolute atomic E-state index is 13.4. The minimum atomic E-state index is -1.86. The number of rotatable bonds is 4. The molecule has 1 saturated carbocycles. The second-order valence-corrected chi connectivity index (χ2v) is 8.44. The molecule has 1 aliphatic rings. The van der Waals surface area contributed by atoms with Gasteiger partial charge in [0, 0.05) is 21.6 Å². The molecule has 2 aromatic heterocycles. The SMILES string of the molecule is COC(=O)C1C(=O)C(C(=O)OC)C(c2cccs2)C(C#N)(C#N)C1c1cccs1. The highest BCUT2D eigenvalue weighted by molar-refractivity contribution is 7.10. The molecule has 0 saturated heterocycles. The molecule has 0 bridgehead atoms. The lowest BCUT2D eigenvalue weighted by molar-refractivity contribution is -0.162. The van der Waals surface area contributed by atoms with Gasteiger partial charge >= 0.3 is 11.9 Å². The Labute approximate surface area is 175 Å². The number of nitrogens with zero attached hydrogens (tertiary/aromatic N) is 2. The maximum Gasteiger partial charge on any atom is 0.316 e. The Balaban J connectivity index is 2.36. The number of nitriles is 2. The maximum atomic E-state index is 13.4. The second-order valence-electron chi connectivity index (χ2n) is 6.48. The lowest BCUT2D eigenvalue weighted by Gasteiger charge is -2.45. The molecule has 0 radical (unpaired) electrons. The molecule has 4 atom stereocenters. The molecule has 2 heterocycles. The summed E-state index contributed by atoms with van der Waals surface area (Å²) >= 11 is 2.47. The van der Waals surface area contributed by atoms with Crippen LogP contribution in [0.2, 0.25) is 0 Å². The van der Waals surface area contributed by atoms with E-state index in [2.05, 4.69) is 12.1 Å². The van der Waals surface area contributed by atoms with Crippen molar-refractivity contribution in [2.45, 2.75) is 11.8 Å². The van der Waals surface area contributed by atoms with Crippen molar-refractivity contribution in [3.05, 3.63) is 44.8 Å². The van der Waals surface area contributed by atoms with Crippen LogP contribution in [0, 0.1) is 39.9 Å². The van der Waals surface area contributed by atoms with E-state index >= 15 is 0 Å². The van der Waals surface area contributed by atoms with E-state index in [1.54, 1.807) is 35.0 Å². The number of ether oxygens (including phenoxy) is 2. The van der Waals surface area contributed by atoms with Gasteiger partial charge in [-0.05, 0) is 22.9 Å². The van der Waals surface area contributed by atoms with Gasteiger partial charge in [0.15, 0.2) is 11.2 Å². The van der Waals surface area contributed by atoms with Crippen molar-refractivity contribution in [3.8, 4) is 12.1 Å². The third-order valence-corrected chi connectivity index (χ3v) is 7.15. The molecule has 0 aromatic carbocycles. The molecule has 1 aliphatic carbocycles. The number of methoxy groups -OCH3 is 2. The van der Waals surface area contributed by atoms with Crippen molar-refractivity contribution >= 4 is 40.4 Å². The van der Waals surface area contributed by atoms with Crippen molar-refractivity contribution in [3.63, 3.8) is 0 Å². The topological polar surface area (TPSA) is 117 Å². The van der Waals surface area contributed by atoms with Crippen molar-refractivity contribution in [1.29, 1.82) is 10.5 Å². The van der Waals surface area contributed by atoms with E-state index in [-0.39, 0.29) is 0 Å². The van der Waals surface area contributed by atoms with E-state index in [4.69, 9.17) is 9.47 Å². The zero-order valence-corrected chi connectivity index (χ0v) is 17.2. The van der Waals surface area contributed by atoms with E-state index in [1.165, 1.54) is 22.7 Å². The molecular formula is C20H16N2O5S2. The number of carbonyl (C=O) groups is 3. The molecular weight excluding hydrogens is 412 g/mol. The summed E-state index contributed by atoms with van der Waals surface area (Å²) in [5, 5.41) is 23.9. The summed E-state index contributed by atoms with van der Waals surface area (Å²) in [6.45, 7) is 0. The van der Waals surface area contributed by atoms with Crippen LogP contribution >= 0.6 is 22.7 Å². The standard InChI is InChI=1S/C20H16N2O5S2/c1-26-18(24)13-15(11-5-3-7-28-11)20(9-21,10-22)16(12-6-4-8-29-12)14(17(13)23)19(25)27-2/h3-8,13-16H,1-2H3. The van der Waals surface area contributed by atoms with Gasteiger partial charge in [0.1, 0.15) is 11.8 Å². The Morgan fingerprint density at radius 1 is 0.931 bits per heavy atom. The molecule has 0 spiro atoms. The average Bonchev–Trinajstić information content (AvgIpc) is 3.45. The second kappa shape index (κ2) is 8.16. The van der Waals surface area contributed by atoms with Crippen LogP contribution in [0.1, 0.15) is 21.6 Å². The van der Waals surface area contributed by atoms with Crippen LogP contribution < -0.4 is 0 Å². The molecule has 9 heteroatoms. The molecule has 0 N–H and O–H groups in total. The Morgan fingerprint density at radius 3 is 1.62 bits per heavy atom. The van der Waals surface area contributed by atoms with Crippen LogP contribution in [0.15, 0.2) is 35.0 Å². The van der Waals surface area contributed by atoms with E-state index in [0.717, 1.165) is 14.2 Å². The third kappa shape index (κ3) is 3.13. The first-order chi connectivity index (χ1) is 14.0. The summed E-state index contributed by atoms with van der Waals surface area (Å²) in [5.41, 5.74) is -1.86. The van der Waals surface area contributed by atoms with Gasteiger partial charge < -0.3 is 9.47 Å². The summed E-state index contributed by atoms with van der Waals surface area (Å²) in [5.74, 6) is -7.59. The molecule has 2 aromatic rings. The van der Waals surface area contributed by atoms with Crippen LogP contribution in [-0.4, -0.2) is 31.9 Å². The lowest BCUT2D eigenvalue weighted by Crippen LogP contribution is -2.55. The summed E-state index contributed by atoms with van der Waals surface area (Å²) in [4.78, 5) is 39.8. The molecule has 4 unspecified atom stereocenters. The van der Waals surface area contributed by atoms with E-state index < -0.39 is 46.8 Å². The first-order valence-electron chi connectivity index (χ1n) is 8.55. The van der Waals surface area contributed by atoms with Crippen LogP contribution in [0.4, 0.5) is 0 Å². The van der Waals surface area contributed by atoms with Gasteiger partial charge in [0.2, 0.25) is 0 Å². The Bertz CT molecular complexity index is 921. The molecule has 3 rings (SSSR count). The summed E-state index contributed by atoms with van der Waals surface area (Å²) in [6.07, 6.45) is 0. The Kier molecular flexibility index (Phi) is 5.83. The first-order valence-corrected chi connectivity index (χ1v) is 10.3. The molecule has 0 amide bonds. The lowest BCUT2D eigenvalue weighted by atomic mass is 9.52. The summed E-state index contributed by atoms with van der Waals surface area (Å²) in [7, 11) is 2.25. The van der Waals surface area contributed by atoms with Crippen molar-refractivity contribution < 1.29 is 23.9 Å². The highest BCUT2D eigenvalue weighted by Gasteiger charge is 2.66. The number of Topliss-reactive ketones (excluding diaryl/α,β-unsaturated/α-hetero) is 1. The number of ketones is 1. The highest BCUT2D eigenvalue weighted by Crippen LogP contribution is 2.59. The van der Waals surface area contributed by atoms with Gasteiger partial charge in [-0.2, -0.15) is 10.5 Å². The zero-order valence-electron chi connectivity index (χ0n) is 15.5. The predicted molar refractivity (Wildman–Crippen MR) is 104 cm³/mol. The van der Waals surface area contributed by atoms with Gasteiger partial charge in [0.25, 0.3) is 0 Å². The number of hydrogen-bond acceptors (Lipinski definition) is 9. The minimum Gasteiger partial charge on any atom is -0.468 e. The Morgan fingerprint density at radius 2 is 1.34 bits per heavy atom. The van der Waals surface area contributed by atoms with Gasteiger partial charge in [0.05, 0.1) is 26.4 Å². The van der Waals surface area contributed by atoms with Crippen molar-refractivity contribution in [2.75, 3.05) is 14.2 Å². The fraction of sp³-hybridized carbons (Fsp3) is 0.350. The molecule has 148 valence electrons. The fourth-order valence-corrected chi connectivity index (χ4v) is 5.90. The van der Waals surface area contributed by atoms with Crippen LogP contribution in [-0.2, 0) is 23.9 Å². The number of esters is 2. The van der Waals surface area contributed by atoms with E-state index in [1.807, 2.05) is 0 Å². The minimum absolute atomic E-state index is 0.529. The van der Waals surface area contributed by atoms with Gasteiger partial charge in [-0.1, -0.05) is 12.1 Å². The van der Waals surface area contributed by atoms with Gasteiger partial charge in [-0.3, -0.25) is 14.4 Å². The smallest absolute Gasteiger partial charge is 0.316 e. The highest BCUT2D eigenvalue weighted by atomic mass is 32.1. The molecule has 1 fully saturated rings. The van der Waals surface area contributed by atoms with Crippen LogP contribution in [0.5, 0.6) is 0 Å². The normalized spacial score (nSPS) is 25.4. The summed E-state index contributed by atoms with van der Waals surface area (Å²) in [6, 6.07) is 10.9. The van der Waals surface area contributed by atoms with Gasteiger partial charge in [-0.15, -0.1) is 22.7 Å². The molecule has 7 nitrogen and oxygen atoms in total. The van der Waals surface area contributed by atoms with Crippen LogP contribution in [0.3, 0.4) is 0 Å². The predicted octanol–water partition coefficient (Wildman–Crippen LogP) is 2.87. The average molecular weight is 428 g/mol. The van der Waals surface area contributed by atoms with Crippen molar-refractivity contribution in [1.82, 2.24) is 0 Å². The largest absolute Gasteiger partial charge is 0.468 e. The Hall–Kier alpha value is -3.01. The summed E-state index contributed by atoms with van der Waals surface area (Å²) < 4.78 is 9.67.